The minimum absolute atomic E-state index is 0.00281. The molecule has 5 nitrogen and oxygen atoms in total. The second-order valence-corrected chi connectivity index (χ2v) is 4.08. The van der Waals surface area contributed by atoms with Crippen LogP contribution in [0.1, 0.15) is 5.56 Å². The van der Waals surface area contributed by atoms with Gasteiger partial charge >= 0.3 is 5.56 Å². The van der Waals surface area contributed by atoms with E-state index in [4.69, 9.17) is 22.1 Å². The number of hydrogen-bond donors (Lipinski definition) is 1. The van der Waals surface area contributed by atoms with Crippen LogP contribution in [0, 0.1) is 0 Å². The molecular weight excluding hydrogens is 254 g/mol. The lowest BCUT2D eigenvalue weighted by molar-refractivity contribution is 0.443. The Morgan fingerprint density at radius 1 is 1.50 bits per heavy atom. The first-order chi connectivity index (χ1) is 8.63. The van der Waals surface area contributed by atoms with Crippen LogP contribution in [0.25, 0.3) is 0 Å². The largest absolute Gasteiger partial charge is 0.434 e. The highest BCUT2D eigenvalue weighted by Crippen LogP contribution is 2.28. The Labute approximate surface area is 109 Å². The van der Waals surface area contributed by atoms with Crippen molar-refractivity contribution in [2.24, 2.45) is 12.8 Å². The number of nitrogens with zero attached hydrogens (tertiary/aromatic N) is 2. The second kappa shape index (κ2) is 5.20. The monoisotopic (exact) mass is 265 g/mol. The van der Waals surface area contributed by atoms with Crippen molar-refractivity contribution in [3.63, 3.8) is 0 Å². The van der Waals surface area contributed by atoms with Gasteiger partial charge in [0.05, 0.1) is 0 Å². The Bertz CT molecular complexity index is 625. The van der Waals surface area contributed by atoms with Crippen molar-refractivity contribution >= 4 is 11.6 Å². The number of nitrogens with two attached hydrogens (primary N) is 1. The van der Waals surface area contributed by atoms with Gasteiger partial charge in [-0.25, -0.2) is 4.98 Å². The molecule has 2 rings (SSSR count). The Morgan fingerprint density at radius 2 is 2.28 bits per heavy atom. The van der Waals surface area contributed by atoms with E-state index < -0.39 is 0 Å². The predicted octanol–water partition coefficient (Wildman–Crippen LogP) is 1.68. The molecule has 0 bridgehead atoms. The molecule has 0 saturated heterocycles. The van der Waals surface area contributed by atoms with Gasteiger partial charge in [0.25, 0.3) is 5.88 Å². The third kappa shape index (κ3) is 2.37. The van der Waals surface area contributed by atoms with E-state index in [2.05, 4.69) is 4.98 Å². The van der Waals surface area contributed by atoms with Crippen molar-refractivity contribution < 1.29 is 4.74 Å². The van der Waals surface area contributed by atoms with Gasteiger partial charge in [-0.3, -0.25) is 4.79 Å². The molecule has 1 aromatic heterocycles. The van der Waals surface area contributed by atoms with Crippen LogP contribution in [-0.4, -0.2) is 9.55 Å². The second-order valence-electron chi connectivity index (χ2n) is 3.67. The fraction of sp³-hybridized carbons (Fsp3) is 0.167. The van der Waals surface area contributed by atoms with Gasteiger partial charge in [0.1, 0.15) is 5.75 Å². The van der Waals surface area contributed by atoms with E-state index in [9.17, 15) is 4.79 Å². The van der Waals surface area contributed by atoms with Crippen molar-refractivity contribution in [3.8, 4) is 11.6 Å². The molecule has 0 radical (unpaired) electrons. The molecule has 94 valence electrons. The molecule has 0 aliphatic heterocycles. The highest BCUT2D eigenvalue weighted by Gasteiger charge is 2.11. The molecule has 0 saturated carbocycles. The zero-order valence-corrected chi connectivity index (χ0v) is 10.5. The molecule has 0 aliphatic rings. The smallest absolute Gasteiger partial charge is 0.313 e. The fourth-order valence-corrected chi connectivity index (χ4v) is 1.72. The van der Waals surface area contributed by atoms with E-state index in [0.29, 0.717) is 16.3 Å². The van der Waals surface area contributed by atoms with Gasteiger partial charge in [-0.15, -0.1) is 0 Å². The first kappa shape index (κ1) is 12.6. The summed E-state index contributed by atoms with van der Waals surface area (Å²) in [6.45, 7) is 0.224. The summed E-state index contributed by atoms with van der Waals surface area (Å²) in [5.41, 5.74) is 5.93. The molecule has 6 heteroatoms. The average molecular weight is 266 g/mol. The quantitative estimate of drug-likeness (QED) is 0.917. The first-order valence-electron chi connectivity index (χ1n) is 5.30. The maximum atomic E-state index is 11.8. The summed E-state index contributed by atoms with van der Waals surface area (Å²) in [6.07, 6.45) is 3.04. The van der Waals surface area contributed by atoms with E-state index in [1.807, 2.05) is 0 Å². The van der Waals surface area contributed by atoms with Crippen LogP contribution >= 0.6 is 11.6 Å². The van der Waals surface area contributed by atoms with E-state index in [-0.39, 0.29) is 18.0 Å². The zero-order chi connectivity index (χ0) is 13.1. The standard InChI is InChI=1S/C12H12ClN3O2/c1-16-6-5-15-11(12(16)17)18-10-4-2-3-9(13)8(10)7-14/h2-6H,7,14H2,1H3. The lowest BCUT2D eigenvalue weighted by Gasteiger charge is -2.10. The molecular formula is C12H12ClN3O2. The molecule has 0 atom stereocenters. The van der Waals surface area contributed by atoms with Crippen LogP contribution in [-0.2, 0) is 13.6 Å². The van der Waals surface area contributed by atoms with Crippen molar-refractivity contribution in [1.29, 1.82) is 0 Å². The van der Waals surface area contributed by atoms with E-state index in [1.54, 1.807) is 31.4 Å². The maximum absolute atomic E-state index is 11.8. The van der Waals surface area contributed by atoms with Gasteiger partial charge in [-0.1, -0.05) is 17.7 Å². The summed E-state index contributed by atoms with van der Waals surface area (Å²) >= 11 is 6.00. The Hall–Kier alpha value is -1.85. The van der Waals surface area contributed by atoms with Crippen LogP contribution in [0.2, 0.25) is 5.02 Å². The van der Waals surface area contributed by atoms with Crippen LogP contribution in [0.3, 0.4) is 0 Å². The number of aryl methyl sites for hydroxylation is 1. The van der Waals surface area contributed by atoms with Gasteiger partial charge in [0.2, 0.25) is 0 Å². The maximum Gasteiger partial charge on any atom is 0.313 e. The lowest BCUT2D eigenvalue weighted by Crippen LogP contribution is -2.18. The summed E-state index contributed by atoms with van der Waals surface area (Å²) < 4.78 is 6.87. The molecule has 1 heterocycles. The Kier molecular flexibility index (Phi) is 3.64. The highest BCUT2D eigenvalue weighted by molar-refractivity contribution is 6.31. The lowest BCUT2D eigenvalue weighted by atomic mass is 10.2. The van der Waals surface area contributed by atoms with E-state index in [0.717, 1.165) is 0 Å². The van der Waals surface area contributed by atoms with E-state index in [1.165, 1.54) is 10.8 Å². The van der Waals surface area contributed by atoms with Gasteiger partial charge in [0, 0.05) is 36.6 Å². The van der Waals surface area contributed by atoms with Crippen molar-refractivity contribution in [2.75, 3.05) is 0 Å². The SMILES string of the molecule is Cn1ccnc(Oc2cccc(Cl)c2CN)c1=O. The minimum Gasteiger partial charge on any atom is -0.434 e. The number of halogens is 1. The van der Waals surface area contributed by atoms with Gasteiger partial charge in [-0.2, -0.15) is 0 Å². The third-order valence-electron chi connectivity index (χ3n) is 2.47. The number of ether oxygens (including phenoxy) is 1. The Balaban J connectivity index is 2.43. The summed E-state index contributed by atoms with van der Waals surface area (Å²) in [5.74, 6) is 0.442. The predicted molar refractivity (Wildman–Crippen MR) is 68.9 cm³/mol. The molecule has 0 unspecified atom stereocenters. The van der Waals surface area contributed by atoms with Crippen molar-refractivity contribution in [3.05, 3.63) is 51.5 Å². The highest BCUT2D eigenvalue weighted by atomic mass is 35.5. The molecule has 0 spiro atoms. The molecule has 0 amide bonds. The number of benzene rings is 1. The third-order valence-corrected chi connectivity index (χ3v) is 2.83. The van der Waals surface area contributed by atoms with Crippen LogP contribution < -0.4 is 16.0 Å². The van der Waals surface area contributed by atoms with Gasteiger partial charge < -0.3 is 15.0 Å². The topological polar surface area (TPSA) is 70.1 Å². The summed E-state index contributed by atoms with van der Waals surface area (Å²) in [4.78, 5) is 15.7. The minimum atomic E-state index is -0.319. The van der Waals surface area contributed by atoms with Crippen LogP contribution in [0.5, 0.6) is 11.6 Å². The summed E-state index contributed by atoms with van der Waals surface area (Å²) in [6, 6.07) is 5.14. The zero-order valence-electron chi connectivity index (χ0n) is 9.76. The average Bonchev–Trinajstić information content (AvgIpc) is 2.35. The van der Waals surface area contributed by atoms with Crippen molar-refractivity contribution in [2.45, 2.75) is 6.54 Å². The molecule has 0 fully saturated rings. The Morgan fingerprint density at radius 3 is 3.00 bits per heavy atom. The number of hydrogen-bond acceptors (Lipinski definition) is 4. The molecule has 1 aromatic carbocycles. The summed E-state index contributed by atoms with van der Waals surface area (Å²) in [7, 11) is 1.62. The van der Waals surface area contributed by atoms with Crippen LogP contribution in [0.4, 0.5) is 0 Å². The van der Waals surface area contributed by atoms with Gasteiger partial charge in [0.15, 0.2) is 0 Å². The first-order valence-corrected chi connectivity index (χ1v) is 5.68. The molecule has 18 heavy (non-hydrogen) atoms. The number of aromatic nitrogens is 2. The van der Waals surface area contributed by atoms with Crippen molar-refractivity contribution in [1.82, 2.24) is 9.55 Å². The molecule has 0 aliphatic carbocycles. The van der Waals surface area contributed by atoms with Crippen LogP contribution in [0.15, 0.2) is 35.4 Å². The fourth-order valence-electron chi connectivity index (χ4n) is 1.48. The summed E-state index contributed by atoms with van der Waals surface area (Å²) in [5, 5.41) is 0.503. The van der Waals surface area contributed by atoms with Gasteiger partial charge in [-0.05, 0) is 12.1 Å². The van der Waals surface area contributed by atoms with E-state index >= 15 is 0 Å². The molecule has 2 N–H and O–H groups in total. The number of rotatable bonds is 3. The normalized spacial score (nSPS) is 10.4. The molecule has 2 aromatic rings.